The molecule has 0 saturated heterocycles. The number of aliphatic carboxylic acids is 1. The first-order chi connectivity index (χ1) is 13.6. The van der Waals surface area contributed by atoms with E-state index in [-0.39, 0.29) is 12.6 Å². The molecule has 0 aliphatic heterocycles. The number of carboxylic acids is 1. The predicted octanol–water partition coefficient (Wildman–Crippen LogP) is 4.19. The average molecular weight is 379 g/mol. The van der Waals surface area contributed by atoms with E-state index >= 15 is 0 Å². The molecule has 0 atom stereocenters. The quantitative estimate of drug-likeness (QED) is 0.846. The number of carbonyl (C=O) groups is 2. The van der Waals surface area contributed by atoms with Crippen molar-refractivity contribution in [2.45, 2.75) is 56.7 Å². The fourth-order valence-corrected chi connectivity index (χ4v) is 4.64. The second kappa shape index (κ2) is 7.66. The van der Waals surface area contributed by atoms with E-state index in [1.54, 1.807) is 4.90 Å². The molecule has 1 amide bonds. The number of carbonyl (C=O) groups excluding carboxylic acids is 1. The molecule has 2 aliphatic carbocycles. The molecule has 146 valence electrons. The third-order valence-corrected chi connectivity index (χ3v) is 6.04. The van der Waals surface area contributed by atoms with Gasteiger partial charge >= 0.3 is 12.1 Å². The highest BCUT2D eigenvalue weighted by Crippen LogP contribution is 2.40. The maximum absolute atomic E-state index is 13.2. The van der Waals surface area contributed by atoms with Crippen LogP contribution in [-0.2, 0) is 29.0 Å². The lowest BCUT2D eigenvalue weighted by Crippen LogP contribution is -2.61. The fraction of sp³-hybridized carbons (Fsp3) is 0.391. The number of nitrogens with zero attached hydrogens (tertiary/aromatic N) is 1. The lowest BCUT2D eigenvalue weighted by Gasteiger charge is -2.41. The van der Waals surface area contributed by atoms with Crippen LogP contribution in [0.5, 0.6) is 0 Å². The van der Waals surface area contributed by atoms with Crippen molar-refractivity contribution in [1.82, 2.24) is 4.90 Å². The van der Waals surface area contributed by atoms with Gasteiger partial charge in [0.15, 0.2) is 5.54 Å². The molecule has 0 heterocycles. The standard InChI is InChI=1S/C23H25NO4/c25-21(26)23(14-18-10-4-5-11-19(18)15-23)24(20-12-6-7-13-20)22(27)28-16-17-8-2-1-3-9-17/h1-5,8-11,20H,6-7,12-16H2,(H,25,26). The van der Waals surface area contributed by atoms with Crippen LogP contribution in [0.25, 0.3) is 0 Å². The maximum Gasteiger partial charge on any atom is 0.411 e. The van der Waals surface area contributed by atoms with Gasteiger partial charge in [0.25, 0.3) is 0 Å². The minimum absolute atomic E-state index is 0.0892. The van der Waals surface area contributed by atoms with Gasteiger partial charge in [-0.15, -0.1) is 0 Å². The number of benzene rings is 2. The molecule has 1 saturated carbocycles. The first-order valence-corrected chi connectivity index (χ1v) is 9.90. The van der Waals surface area contributed by atoms with Crippen LogP contribution < -0.4 is 0 Å². The summed E-state index contributed by atoms with van der Waals surface area (Å²) in [5.41, 5.74) is 1.63. The van der Waals surface area contributed by atoms with Gasteiger partial charge in [-0.1, -0.05) is 67.4 Å². The molecule has 0 bridgehead atoms. The molecule has 28 heavy (non-hydrogen) atoms. The SMILES string of the molecule is O=C(OCc1ccccc1)N(C1CCCC1)C1(C(=O)O)Cc2ccccc2C1. The molecular formula is C23H25NO4. The van der Waals surface area contributed by atoms with Crippen LogP contribution in [0.4, 0.5) is 4.79 Å². The zero-order valence-electron chi connectivity index (χ0n) is 15.8. The van der Waals surface area contributed by atoms with Crippen LogP contribution in [0.2, 0.25) is 0 Å². The number of fused-ring (bicyclic) bond motifs is 1. The van der Waals surface area contributed by atoms with Crippen molar-refractivity contribution in [3.8, 4) is 0 Å². The lowest BCUT2D eigenvalue weighted by atomic mass is 9.91. The Morgan fingerprint density at radius 3 is 2.11 bits per heavy atom. The second-order valence-corrected chi connectivity index (χ2v) is 7.81. The summed E-state index contributed by atoms with van der Waals surface area (Å²) in [7, 11) is 0. The number of hydrogen-bond acceptors (Lipinski definition) is 3. The molecule has 0 aromatic heterocycles. The van der Waals surface area contributed by atoms with E-state index in [0.29, 0.717) is 12.8 Å². The number of ether oxygens (including phenoxy) is 1. The van der Waals surface area contributed by atoms with Crippen molar-refractivity contribution in [3.05, 3.63) is 71.3 Å². The van der Waals surface area contributed by atoms with E-state index in [9.17, 15) is 14.7 Å². The van der Waals surface area contributed by atoms with Crippen molar-refractivity contribution in [1.29, 1.82) is 0 Å². The van der Waals surface area contributed by atoms with Crippen LogP contribution in [0.1, 0.15) is 42.4 Å². The molecule has 0 unspecified atom stereocenters. The number of rotatable bonds is 5. The first kappa shape index (κ1) is 18.5. The number of hydrogen-bond donors (Lipinski definition) is 1. The normalized spacial score (nSPS) is 17.9. The highest BCUT2D eigenvalue weighted by atomic mass is 16.6. The molecule has 2 aromatic rings. The summed E-state index contributed by atoms with van der Waals surface area (Å²) in [5, 5.41) is 10.3. The van der Waals surface area contributed by atoms with Gasteiger partial charge in [0.05, 0.1) is 0 Å². The van der Waals surface area contributed by atoms with Gasteiger partial charge in [-0.3, -0.25) is 4.90 Å². The molecule has 0 radical (unpaired) electrons. The van der Waals surface area contributed by atoms with E-state index in [0.717, 1.165) is 42.4 Å². The van der Waals surface area contributed by atoms with Gasteiger partial charge in [-0.05, 0) is 29.5 Å². The summed E-state index contributed by atoms with van der Waals surface area (Å²) < 4.78 is 5.61. The zero-order chi connectivity index (χ0) is 19.6. The Labute approximate surface area is 164 Å². The molecule has 2 aromatic carbocycles. The predicted molar refractivity (Wildman–Crippen MR) is 105 cm³/mol. The third kappa shape index (κ3) is 3.37. The minimum Gasteiger partial charge on any atom is -0.479 e. The summed E-state index contributed by atoms with van der Waals surface area (Å²) in [6.07, 6.45) is 3.81. The van der Waals surface area contributed by atoms with E-state index in [1.807, 2.05) is 54.6 Å². The van der Waals surface area contributed by atoms with Crippen LogP contribution >= 0.6 is 0 Å². The van der Waals surface area contributed by atoms with Crippen molar-refractivity contribution in [2.75, 3.05) is 0 Å². The van der Waals surface area contributed by atoms with Crippen molar-refractivity contribution >= 4 is 12.1 Å². The fourth-order valence-electron chi connectivity index (χ4n) is 4.64. The minimum atomic E-state index is -1.27. The van der Waals surface area contributed by atoms with Crippen molar-refractivity contribution in [3.63, 3.8) is 0 Å². The third-order valence-electron chi connectivity index (χ3n) is 6.04. The summed E-state index contributed by atoms with van der Waals surface area (Å²) in [6, 6.07) is 17.2. The molecule has 0 spiro atoms. The van der Waals surface area contributed by atoms with Gasteiger partial charge in [0.1, 0.15) is 6.61 Å². The number of amides is 1. The van der Waals surface area contributed by atoms with Crippen molar-refractivity contribution in [2.24, 2.45) is 0 Å². The second-order valence-electron chi connectivity index (χ2n) is 7.81. The largest absolute Gasteiger partial charge is 0.479 e. The summed E-state index contributed by atoms with van der Waals surface area (Å²) in [4.78, 5) is 27.3. The summed E-state index contributed by atoms with van der Waals surface area (Å²) >= 11 is 0. The van der Waals surface area contributed by atoms with Crippen LogP contribution in [0.3, 0.4) is 0 Å². The number of carboxylic acid groups (broad SMARTS) is 1. The summed E-state index contributed by atoms with van der Waals surface area (Å²) in [6.45, 7) is 0.144. The van der Waals surface area contributed by atoms with E-state index in [1.165, 1.54) is 0 Å². The van der Waals surface area contributed by atoms with Gasteiger partial charge in [0, 0.05) is 18.9 Å². The highest BCUT2D eigenvalue weighted by molar-refractivity contribution is 5.86. The van der Waals surface area contributed by atoms with Crippen LogP contribution in [0, 0.1) is 0 Å². The first-order valence-electron chi connectivity index (χ1n) is 9.90. The molecular weight excluding hydrogens is 354 g/mol. The van der Waals surface area contributed by atoms with Gasteiger partial charge in [0.2, 0.25) is 0 Å². The molecule has 2 aliphatic rings. The monoisotopic (exact) mass is 379 g/mol. The smallest absolute Gasteiger partial charge is 0.411 e. The van der Waals surface area contributed by atoms with E-state index in [4.69, 9.17) is 4.74 Å². The Hall–Kier alpha value is -2.82. The lowest BCUT2D eigenvalue weighted by molar-refractivity contribution is -0.151. The van der Waals surface area contributed by atoms with Gasteiger partial charge < -0.3 is 9.84 Å². The molecule has 5 heteroatoms. The Kier molecular flexibility index (Phi) is 5.07. The van der Waals surface area contributed by atoms with Crippen LogP contribution in [0.15, 0.2) is 54.6 Å². The Balaban J connectivity index is 1.63. The molecule has 5 nitrogen and oxygen atoms in total. The zero-order valence-corrected chi connectivity index (χ0v) is 15.8. The van der Waals surface area contributed by atoms with Gasteiger partial charge in [-0.25, -0.2) is 9.59 Å². The average Bonchev–Trinajstić information content (AvgIpc) is 3.36. The Morgan fingerprint density at radius 2 is 1.54 bits per heavy atom. The van der Waals surface area contributed by atoms with Gasteiger partial charge in [-0.2, -0.15) is 0 Å². The summed E-state index contributed by atoms with van der Waals surface area (Å²) in [5.74, 6) is -0.952. The maximum atomic E-state index is 13.2. The van der Waals surface area contributed by atoms with Crippen LogP contribution in [-0.4, -0.2) is 33.6 Å². The highest BCUT2D eigenvalue weighted by Gasteiger charge is 2.54. The van der Waals surface area contributed by atoms with E-state index < -0.39 is 17.6 Å². The molecule has 1 N–H and O–H groups in total. The topological polar surface area (TPSA) is 66.8 Å². The Bertz CT molecular complexity index is 833. The van der Waals surface area contributed by atoms with Crippen molar-refractivity contribution < 1.29 is 19.4 Å². The van der Waals surface area contributed by atoms with E-state index in [2.05, 4.69) is 0 Å². The molecule has 4 rings (SSSR count). The molecule has 1 fully saturated rings. The Morgan fingerprint density at radius 1 is 0.964 bits per heavy atom.